The molecule has 2 rings (SSSR count). The Balaban J connectivity index is 2.32. The number of methoxy groups -OCH3 is 1. The summed E-state index contributed by atoms with van der Waals surface area (Å²) in [5.74, 6) is 0. The Morgan fingerprint density at radius 1 is 1.36 bits per heavy atom. The average molecular weight is 380 g/mol. The molecule has 12 heteroatoms. The third-order valence-corrected chi connectivity index (χ3v) is 4.00. The maximum absolute atomic E-state index is 12.0. The molecule has 0 aromatic carbocycles. The van der Waals surface area contributed by atoms with Gasteiger partial charge in [0.25, 0.3) is 5.56 Å². The van der Waals surface area contributed by atoms with E-state index in [0.717, 1.165) is 10.6 Å². The molecule has 2 heterocycles. The zero-order valence-corrected chi connectivity index (χ0v) is 14.8. The van der Waals surface area contributed by atoms with Gasteiger partial charge in [0.1, 0.15) is 18.3 Å². The van der Waals surface area contributed by atoms with Crippen molar-refractivity contribution in [3.63, 3.8) is 0 Å². The number of aromatic amines is 1. The van der Waals surface area contributed by atoms with Gasteiger partial charge in [-0.2, -0.15) is 0 Å². The normalized spacial score (nSPS) is 27.1. The van der Waals surface area contributed by atoms with Crippen LogP contribution in [0.2, 0.25) is 0 Å². The van der Waals surface area contributed by atoms with Crippen LogP contribution in [-0.2, 0) is 23.3 Å². The lowest BCUT2D eigenvalue weighted by molar-refractivity contribution is -0.0840. The molecule has 0 spiro atoms. The first-order valence-electron chi connectivity index (χ1n) is 7.47. The van der Waals surface area contributed by atoms with E-state index in [1.165, 1.54) is 13.3 Å². The van der Waals surface area contributed by atoms with Gasteiger partial charge in [-0.15, -0.1) is 0 Å². The number of H-pyrrole nitrogens is 1. The van der Waals surface area contributed by atoms with E-state index < -0.39 is 50.2 Å². The van der Waals surface area contributed by atoms with E-state index >= 15 is 0 Å². The molecule has 0 aliphatic carbocycles. The molecule has 0 bridgehead atoms. The first-order valence-corrected chi connectivity index (χ1v) is 9.00. The molecule has 1 aliphatic rings. The van der Waals surface area contributed by atoms with Crippen LogP contribution in [0, 0.1) is 0 Å². The van der Waals surface area contributed by atoms with E-state index in [4.69, 9.17) is 24.0 Å². The van der Waals surface area contributed by atoms with Crippen LogP contribution in [0.1, 0.15) is 20.1 Å². The number of rotatable bonds is 7. The lowest BCUT2D eigenvalue weighted by Crippen LogP contribution is -2.41. The summed E-state index contributed by atoms with van der Waals surface area (Å²) in [5.41, 5.74) is -1.27. The van der Waals surface area contributed by atoms with Crippen molar-refractivity contribution in [2.75, 3.05) is 13.7 Å². The van der Waals surface area contributed by atoms with Gasteiger partial charge in [-0.05, 0) is 13.8 Å². The lowest BCUT2D eigenvalue weighted by Gasteiger charge is -2.25. The second kappa shape index (κ2) is 7.92. The van der Waals surface area contributed by atoms with Crippen LogP contribution in [0.3, 0.4) is 0 Å². The number of aromatic nitrogens is 2. The highest BCUT2D eigenvalue weighted by atomic mass is 31.2. The molecule has 0 amide bonds. The zero-order chi connectivity index (χ0) is 18.8. The van der Waals surface area contributed by atoms with Crippen molar-refractivity contribution in [1.29, 1.82) is 0 Å². The quantitative estimate of drug-likeness (QED) is 0.525. The number of hydrogen-bond acceptors (Lipinski definition) is 7. The fraction of sp³-hybridized carbons (Fsp3) is 0.692. The fourth-order valence-electron chi connectivity index (χ4n) is 2.59. The monoisotopic (exact) mass is 380 g/mol. The summed E-state index contributed by atoms with van der Waals surface area (Å²) in [6, 6.07) is 1.15. The highest BCUT2D eigenvalue weighted by Crippen LogP contribution is 2.39. The van der Waals surface area contributed by atoms with E-state index in [0.29, 0.717) is 0 Å². The molecule has 11 nitrogen and oxygen atoms in total. The molecular weight excluding hydrogens is 359 g/mol. The second-order valence-electron chi connectivity index (χ2n) is 5.72. The summed E-state index contributed by atoms with van der Waals surface area (Å²) in [5, 5.41) is 0. The first-order chi connectivity index (χ1) is 11.6. The van der Waals surface area contributed by atoms with Crippen LogP contribution in [0.15, 0.2) is 21.9 Å². The molecule has 1 aliphatic heterocycles. The van der Waals surface area contributed by atoms with Crippen molar-refractivity contribution in [3.8, 4) is 0 Å². The maximum atomic E-state index is 12.0. The summed E-state index contributed by atoms with van der Waals surface area (Å²) in [6.07, 6.45) is -2.38. The highest BCUT2D eigenvalue weighted by molar-refractivity contribution is 7.46. The Morgan fingerprint density at radius 2 is 2.04 bits per heavy atom. The van der Waals surface area contributed by atoms with Crippen molar-refractivity contribution in [2.24, 2.45) is 0 Å². The molecule has 4 atom stereocenters. The van der Waals surface area contributed by atoms with Crippen LogP contribution >= 0.6 is 7.82 Å². The first kappa shape index (κ1) is 20.0. The van der Waals surface area contributed by atoms with Crippen LogP contribution < -0.4 is 11.2 Å². The summed E-state index contributed by atoms with van der Waals surface area (Å²) < 4.78 is 33.4. The van der Waals surface area contributed by atoms with E-state index in [1.807, 2.05) is 0 Å². The van der Waals surface area contributed by atoms with Gasteiger partial charge in [-0.1, -0.05) is 0 Å². The minimum atomic E-state index is -4.71. The molecule has 1 saturated heterocycles. The summed E-state index contributed by atoms with van der Waals surface area (Å²) in [4.78, 5) is 43.1. The topological polar surface area (TPSA) is 149 Å². The predicted octanol–water partition coefficient (Wildman–Crippen LogP) is -0.648. The molecular formula is C13H21N2O9P. The van der Waals surface area contributed by atoms with Crippen molar-refractivity contribution in [3.05, 3.63) is 33.1 Å². The van der Waals surface area contributed by atoms with Crippen molar-refractivity contribution in [1.82, 2.24) is 9.55 Å². The van der Waals surface area contributed by atoms with E-state index in [9.17, 15) is 14.2 Å². The van der Waals surface area contributed by atoms with Gasteiger partial charge in [-0.3, -0.25) is 18.9 Å². The molecule has 3 N–H and O–H groups in total. The Labute approximate surface area is 142 Å². The number of hydrogen-bond donors (Lipinski definition) is 3. The van der Waals surface area contributed by atoms with Gasteiger partial charge < -0.3 is 24.0 Å². The smallest absolute Gasteiger partial charge is 0.374 e. The molecule has 142 valence electrons. The van der Waals surface area contributed by atoms with Crippen molar-refractivity contribution in [2.45, 2.75) is 44.5 Å². The third-order valence-electron chi connectivity index (χ3n) is 3.52. The zero-order valence-electron chi connectivity index (χ0n) is 13.9. The third kappa shape index (κ3) is 5.08. The maximum Gasteiger partial charge on any atom is 0.469 e. The van der Waals surface area contributed by atoms with E-state index in [2.05, 4.69) is 9.51 Å². The molecule has 1 aromatic heterocycles. The minimum absolute atomic E-state index is 0.241. The molecule has 1 unspecified atom stereocenters. The molecule has 1 aromatic rings. The van der Waals surface area contributed by atoms with Crippen LogP contribution in [0.25, 0.3) is 0 Å². The van der Waals surface area contributed by atoms with Gasteiger partial charge in [0.05, 0.1) is 12.7 Å². The van der Waals surface area contributed by atoms with E-state index in [1.54, 1.807) is 13.8 Å². The number of nitrogens with zero attached hydrogens (tertiary/aromatic N) is 1. The Kier molecular flexibility index (Phi) is 6.33. The standard InChI is InChI=1S/C13H21N2O9P/c1-7(2)23-10-8(6-22-25(18,19)20)24-12(11(10)21-3)15-5-4-9(16)14-13(15)17/h4-5,7-8,10-12H,6H2,1-3H3,(H,14,16,17)(H2,18,19,20)/t8-,10?,11+,12-/m1/s1. The molecule has 0 saturated carbocycles. The van der Waals surface area contributed by atoms with Gasteiger partial charge in [0.15, 0.2) is 6.23 Å². The largest absolute Gasteiger partial charge is 0.469 e. The van der Waals surface area contributed by atoms with Crippen molar-refractivity contribution >= 4 is 7.82 Å². The predicted molar refractivity (Wildman–Crippen MR) is 84.0 cm³/mol. The lowest BCUT2D eigenvalue weighted by atomic mass is 10.1. The fourth-order valence-corrected chi connectivity index (χ4v) is 2.93. The highest BCUT2D eigenvalue weighted by Gasteiger charge is 2.48. The van der Waals surface area contributed by atoms with Crippen LogP contribution in [0.5, 0.6) is 0 Å². The SMILES string of the molecule is CO[C@H]1C(OC(C)C)[C@@H](COP(=O)(O)O)O[C@H]1n1ccc(=O)[nH]c1=O. The number of phosphoric acid groups is 1. The van der Waals surface area contributed by atoms with Crippen LogP contribution in [-0.4, -0.2) is 57.5 Å². The van der Waals surface area contributed by atoms with Gasteiger partial charge in [0, 0.05) is 19.4 Å². The average Bonchev–Trinajstić information content (AvgIpc) is 2.81. The minimum Gasteiger partial charge on any atom is -0.374 e. The van der Waals surface area contributed by atoms with Crippen molar-refractivity contribution < 1.29 is 33.1 Å². The van der Waals surface area contributed by atoms with E-state index in [-0.39, 0.29) is 6.10 Å². The number of ether oxygens (including phenoxy) is 3. The number of nitrogens with one attached hydrogen (secondary N) is 1. The second-order valence-corrected chi connectivity index (χ2v) is 6.96. The molecule has 1 fully saturated rings. The Bertz CT molecular complexity index is 740. The Morgan fingerprint density at radius 3 is 2.56 bits per heavy atom. The number of phosphoric ester groups is 1. The van der Waals surface area contributed by atoms with Crippen LogP contribution in [0.4, 0.5) is 0 Å². The van der Waals surface area contributed by atoms with Gasteiger partial charge in [-0.25, -0.2) is 9.36 Å². The van der Waals surface area contributed by atoms with Gasteiger partial charge >= 0.3 is 13.5 Å². The molecule has 0 radical (unpaired) electrons. The Hall–Kier alpha value is -1.33. The summed E-state index contributed by atoms with van der Waals surface area (Å²) >= 11 is 0. The van der Waals surface area contributed by atoms with Gasteiger partial charge in [0.2, 0.25) is 0 Å². The molecule has 25 heavy (non-hydrogen) atoms. The summed E-state index contributed by atoms with van der Waals surface area (Å²) in [7, 11) is -3.32. The summed E-state index contributed by atoms with van der Waals surface area (Å²) in [6.45, 7) is 3.08.